The van der Waals surface area contributed by atoms with Gasteiger partial charge in [-0.1, -0.05) is 24.1 Å². The van der Waals surface area contributed by atoms with E-state index in [1.807, 2.05) is 25.1 Å². The topological polar surface area (TPSA) is 84.9 Å². The van der Waals surface area contributed by atoms with E-state index in [4.69, 9.17) is 21.1 Å². The quantitative estimate of drug-likeness (QED) is 0.697. The maximum absolute atomic E-state index is 13.1. The minimum absolute atomic E-state index is 0.0306. The van der Waals surface area contributed by atoms with E-state index >= 15 is 0 Å². The third-order valence-electron chi connectivity index (χ3n) is 5.75. The Morgan fingerprint density at radius 1 is 1.00 bits per heavy atom. The molecule has 1 N–H and O–H groups in total. The van der Waals surface area contributed by atoms with Gasteiger partial charge in [0.15, 0.2) is 11.5 Å². The normalized spacial score (nSPS) is 17.9. The van der Waals surface area contributed by atoms with Crippen LogP contribution in [0.25, 0.3) is 0 Å². The summed E-state index contributed by atoms with van der Waals surface area (Å²) in [5.41, 5.74) is 1.10. The lowest BCUT2D eigenvalue weighted by Gasteiger charge is -2.26. The average Bonchev–Trinajstić information content (AvgIpc) is 3.04. The monoisotopic (exact) mass is 478 g/mol. The Kier molecular flexibility index (Phi) is 6.93. The summed E-state index contributed by atoms with van der Waals surface area (Å²) in [5.74, 6) is 0.967. The molecule has 2 aliphatic heterocycles. The van der Waals surface area contributed by atoms with E-state index in [1.54, 1.807) is 0 Å². The summed E-state index contributed by atoms with van der Waals surface area (Å²) >= 11 is 6.22. The van der Waals surface area contributed by atoms with Crippen LogP contribution in [0.5, 0.6) is 11.5 Å². The molecule has 0 aliphatic carbocycles. The van der Waals surface area contributed by atoms with E-state index in [9.17, 15) is 13.2 Å². The van der Waals surface area contributed by atoms with Crippen molar-refractivity contribution in [3.05, 3.63) is 52.5 Å². The first-order valence-corrected chi connectivity index (χ1v) is 12.7. The highest BCUT2D eigenvalue weighted by molar-refractivity contribution is 7.89. The van der Waals surface area contributed by atoms with E-state index in [1.165, 1.54) is 22.5 Å². The van der Waals surface area contributed by atoms with Crippen molar-refractivity contribution in [2.45, 2.75) is 43.5 Å². The molecule has 0 radical (unpaired) electrons. The lowest BCUT2D eigenvalue weighted by Crippen LogP contribution is -2.36. The van der Waals surface area contributed by atoms with Crippen LogP contribution in [0.4, 0.5) is 0 Å². The maximum Gasteiger partial charge on any atom is 0.251 e. The average molecular weight is 479 g/mol. The van der Waals surface area contributed by atoms with Crippen molar-refractivity contribution in [1.82, 2.24) is 9.62 Å². The van der Waals surface area contributed by atoms with Crippen molar-refractivity contribution >= 4 is 27.5 Å². The Morgan fingerprint density at radius 2 is 1.72 bits per heavy atom. The number of amides is 1. The number of hydrogen-bond acceptors (Lipinski definition) is 5. The molecule has 0 saturated carbocycles. The molecule has 172 valence electrons. The van der Waals surface area contributed by atoms with Crippen LogP contribution in [-0.4, -0.2) is 44.9 Å². The Bertz CT molecular complexity index is 1100. The number of rotatable bonds is 5. The van der Waals surface area contributed by atoms with Crippen molar-refractivity contribution < 1.29 is 22.7 Å². The lowest BCUT2D eigenvalue weighted by atomic mass is 10.1. The number of fused-ring (bicyclic) bond motifs is 1. The highest BCUT2D eigenvalue weighted by atomic mass is 35.5. The molecule has 0 spiro atoms. The molecule has 2 heterocycles. The van der Waals surface area contributed by atoms with Gasteiger partial charge in [-0.05, 0) is 55.7 Å². The summed E-state index contributed by atoms with van der Waals surface area (Å²) in [6, 6.07) is 9.62. The third-order valence-corrected chi connectivity index (χ3v) is 8.13. The van der Waals surface area contributed by atoms with Crippen LogP contribution >= 0.6 is 11.6 Å². The van der Waals surface area contributed by atoms with Gasteiger partial charge in [0.2, 0.25) is 10.0 Å². The molecule has 1 unspecified atom stereocenters. The second-order valence-corrected chi connectivity index (χ2v) is 10.4. The molecule has 4 rings (SSSR count). The molecule has 32 heavy (non-hydrogen) atoms. The number of piperidine rings is 1. The first kappa shape index (κ1) is 22.9. The zero-order chi connectivity index (χ0) is 22.7. The minimum atomic E-state index is -3.75. The number of halogens is 1. The number of nitrogens with zero attached hydrogens (tertiary/aromatic N) is 1. The summed E-state index contributed by atoms with van der Waals surface area (Å²) in [6.07, 6.45) is 3.48. The Labute approximate surface area is 193 Å². The molecule has 2 aromatic carbocycles. The van der Waals surface area contributed by atoms with Crippen molar-refractivity contribution in [2.24, 2.45) is 0 Å². The van der Waals surface area contributed by atoms with Crippen LogP contribution < -0.4 is 14.8 Å². The number of sulfonamides is 1. The van der Waals surface area contributed by atoms with E-state index in [-0.39, 0.29) is 27.4 Å². The van der Waals surface area contributed by atoms with E-state index in [2.05, 4.69) is 5.32 Å². The standard InChI is InChI=1S/C23H27ClN2O5S/c1-16(17-7-9-20-21(14-17)31-13-5-12-30-20)25-23(27)18-6-8-19(24)22(15-18)32(28,29)26-10-3-2-4-11-26/h6-9,14-16H,2-5,10-13H2,1H3,(H,25,27). The molecule has 1 saturated heterocycles. The third kappa shape index (κ3) is 4.87. The fourth-order valence-corrected chi connectivity index (χ4v) is 5.92. The molecule has 2 aliphatic rings. The number of hydrogen-bond donors (Lipinski definition) is 1. The molecule has 2 aromatic rings. The molecule has 9 heteroatoms. The maximum atomic E-state index is 13.1. The van der Waals surface area contributed by atoms with Gasteiger partial charge in [0.05, 0.1) is 24.3 Å². The highest BCUT2D eigenvalue weighted by Crippen LogP contribution is 2.33. The zero-order valence-corrected chi connectivity index (χ0v) is 19.5. The Morgan fingerprint density at radius 3 is 2.47 bits per heavy atom. The van der Waals surface area contributed by atoms with Crippen molar-refractivity contribution in [2.75, 3.05) is 26.3 Å². The van der Waals surface area contributed by atoms with Crippen LogP contribution in [-0.2, 0) is 10.0 Å². The molecule has 7 nitrogen and oxygen atoms in total. The van der Waals surface area contributed by atoms with Gasteiger partial charge in [-0.15, -0.1) is 0 Å². The number of nitrogens with one attached hydrogen (secondary N) is 1. The molecule has 0 bridgehead atoms. The summed E-state index contributed by atoms with van der Waals surface area (Å²) < 4.78 is 39.0. The van der Waals surface area contributed by atoms with Crippen LogP contribution in [0.15, 0.2) is 41.3 Å². The summed E-state index contributed by atoms with van der Waals surface area (Å²) in [4.78, 5) is 12.9. The molecular formula is C23H27ClN2O5S. The Balaban J connectivity index is 1.52. The molecule has 1 amide bonds. The fourth-order valence-electron chi connectivity index (χ4n) is 3.90. The first-order chi connectivity index (χ1) is 15.4. The van der Waals surface area contributed by atoms with Gasteiger partial charge in [-0.2, -0.15) is 4.31 Å². The van der Waals surface area contributed by atoms with Gasteiger partial charge in [0.1, 0.15) is 4.90 Å². The smallest absolute Gasteiger partial charge is 0.251 e. The summed E-state index contributed by atoms with van der Waals surface area (Å²) in [5, 5.41) is 3.04. The molecule has 1 fully saturated rings. The lowest BCUT2D eigenvalue weighted by molar-refractivity contribution is 0.0939. The van der Waals surface area contributed by atoms with Crippen molar-refractivity contribution in [3.8, 4) is 11.5 Å². The van der Waals surface area contributed by atoms with Gasteiger partial charge in [0, 0.05) is 25.1 Å². The zero-order valence-electron chi connectivity index (χ0n) is 18.0. The fraction of sp³-hybridized carbons (Fsp3) is 0.435. The van der Waals surface area contributed by atoms with Crippen LogP contribution in [0.3, 0.4) is 0 Å². The summed E-state index contributed by atoms with van der Waals surface area (Å²) in [7, 11) is -3.75. The van der Waals surface area contributed by atoms with Crippen molar-refractivity contribution in [3.63, 3.8) is 0 Å². The first-order valence-electron chi connectivity index (χ1n) is 10.9. The predicted molar refractivity (Wildman–Crippen MR) is 122 cm³/mol. The van der Waals surface area contributed by atoms with Gasteiger partial charge < -0.3 is 14.8 Å². The predicted octanol–water partition coefficient (Wildman–Crippen LogP) is 4.17. The van der Waals surface area contributed by atoms with E-state index in [0.717, 1.165) is 31.2 Å². The number of benzene rings is 2. The van der Waals surface area contributed by atoms with E-state index in [0.29, 0.717) is 37.8 Å². The Hall–Kier alpha value is -2.29. The number of ether oxygens (including phenoxy) is 2. The van der Waals surface area contributed by atoms with Gasteiger partial charge in [0.25, 0.3) is 5.91 Å². The molecule has 0 aromatic heterocycles. The largest absolute Gasteiger partial charge is 0.490 e. The van der Waals surface area contributed by atoms with Gasteiger partial charge in [-0.25, -0.2) is 8.42 Å². The van der Waals surface area contributed by atoms with E-state index < -0.39 is 10.0 Å². The minimum Gasteiger partial charge on any atom is -0.490 e. The van der Waals surface area contributed by atoms with Crippen LogP contribution in [0.1, 0.15) is 54.6 Å². The summed E-state index contributed by atoms with van der Waals surface area (Å²) in [6.45, 7) is 3.99. The van der Waals surface area contributed by atoms with Crippen molar-refractivity contribution in [1.29, 1.82) is 0 Å². The van der Waals surface area contributed by atoms with Crippen LogP contribution in [0, 0.1) is 0 Å². The molecule has 1 atom stereocenters. The number of carbonyl (C=O) groups excluding carboxylic acids is 1. The number of carbonyl (C=O) groups is 1. The van der Waals surface area contributed by atoms with Crippen LogP contribution in [0.2, 0.25) is 5.02 Å². The van der Waals surface area contributed by atoms with Gasteiger partial charge >= 0.3 is 0 Å². The highest BCUT2D eigenvalue weighted by Gasteiger charge is 2.29. The second kappa shape index (κ2) is 9.68. The molecular weight excluding hydrogens is 452 g/mol. The van der Waals surface area contributed by atoms with Gasteiger partial charge in [-0.3, -0.25) is 4.79 Å². The SMILES string of the molecule is CC(NC(=O)c1ccc(Cl)c(S(=O)(=O)N2CCCCC2)c1)c1ccc2c(c1)OCCCO2. The second-order valence-electron chi connectivity index (χ2n) is 8.06.